The number of para-hydroxylation sites is 1. The molecule has 5 heteroatoms. The Morgan fingerprint density at radius 2 is 1.75 bits per heavy atom. The van der Waals surface area contributed by atoms with Crippen molar-refractivity contribution in [2.75, 3.05) is 7.11 Å². The van der Waals surface area contributed by atoms with Crippen LogP contribution < -0.4 is 14.8 Å². The Kier molecular flexibility index (Phi) is 6.90. The van der Waals surface area contributed by atoms with Crippen LogP contribution in [0.25, 0.3) is 0 Å². The van der Waals surface area contributed by atoms with Gasteiger partial charge >= 0.3 is 0 Å². The fraction of sp³-hybridized carbons (Fsp3) is 0.217. The van der Waals surface area contributed by atoms with Crippen LogP contribution in [0.3, 0.4) is 0 Å². The zero-order valence-electron chi connectivity index (χ0n) is 15.9. The smallest absolute Gasteiger partial charge is 0.166 e. The summed E-state index contributed by atoms with van der Waals surface area (Å²) in [5.41, 5.74) is 2.45. The van der Waals surface area contributed by atoms with E-state index in [0.29, 0.717) is 28.6 Å². The molecule has 28 heavy (non-hydrogen) atoms. The Balaban J connectivity index is 1.77. The standard InChI is InChI=1S/C23H23ClFNO2/c1-16(17-8-4-3-5-9-17)26-14-18-10-6-13-22(27-2)23(18)28-15-19-20(24)11-7-12-21(19)25/h3-13,16,26H,14-15H2,1-2H3/t16-/m1/s1. The maximum Gasteiger partial charge on any atom is 0.166 e. The molecule has 0 saturated heterocycles. The largest absolute Gasteiger partial charge is 0.493 e. The second-order valence-electron chi connectivity index (χ2n) is 6.45. The van der Waals surface area contributed by atoms with Crippen molar-refractivity contribution in [3.05, 3.63) is 94.3 Å². The van der Waals surface area contributed by atoms with Gasteiger partial charge in [0.15, 0.2) is 11.5 Å². The summed E-state index contributed by atoms with van der Waals surface area (Å²) in [7, 11) is 1.59. The first-order chi connectivity index (χ1) is 13.6. The minimum atomic E-state index is -0.389. The van der Waals surface area contributed by atoms with Crippen molar-refractivity contribution in [3.8, 4) is 11.5 Å². The summed E-state index contributed by atoms with van der Waals surface area (Å²) < 4.78 is 25.5. The normalized spacial score (nSPS) is 11.9. The van der Waals surface area contributed by atoms with Crippen LogP contribution in [0.5, 0.6) is 11.5 Å². The van der Waals surface area contributed by atoms with E-state index < -0.39 is 0 Å². The van der Waals surface area contributed by atoms with E-state index in [-0.39, 0.29) is 18.5 Å². The molecule has 3 rings (SSSR count). The molecule has 0 saturated carbocycles. The Morgan fingerprint density at radius 3 is 2.46 bits per heavy atom. The van der Waals surface area contributed by atoms with E-state index in [2.05, 4.69) is 24.4 Å². The average molecular weight is 400 g/mol. The molecule has 0 fully saturated rings. The van der Waals surface area contributed by atoms with Crippen molar-refractivity contribution in [2.45, 2.75) is 26.1 Å². The Labute approximate surface area is 170 Å². The molecule has 0 radical (unpaired) electrons. The Morgan fingerprint density at radius 1 is 1.00 bits per heavy atom. The van der Waals surface area contributed by atoms with Crippen LogP contribution >= 0.6 is 11.6 Å². The van der Waals surface area contributed by atoms with Crippen LogP contribution in [0.2, 0.25) is 5.02 Å². The van der Waals surface area contributed by atoms with Gasteiger partial charge in [0, 0.05) is 23.7 Å². The van der Waals surface area contributed by atoms with E-state index in [4.69, 9.17) is 21.1 Å². The van der Waals surface area contributed by atoms with Crippen LogP contribution in [-0.4, -0.2) is 7.11 Å². The van der Waals surface area contributed by atoms with Crippen LogP contribution in [0.15, 0.2) is 66.7 Å². The molecule has 0 heterocycles. The number of methoxy groups -OCH3 is 1. The van der Waals surface area contributed by atoms with Gasteiger partial charge in [0.2, 0.25) is 0 Å². The molecule has 0 aliphatic rings. The average Bonchev–Trinajstić information content (AvgIpc) is 2.72. The van der Waals surface area contributed by atoms with E-state index in [9.17, 15) is 4.39 Å². The zero-order valence-corrected chi connectivity index (χ0v) is 16.7. The second kappa shape index (κ2) is 9.58. The Bertz CT molecular complexity index is 897. The lowest BCUT2D eigenvalue weighted by Crippen LogP contribution is -2.18. The quantitative estimate of drug-likeness (QED) is 0.510. The molecule has 1 N–H and O–H groups in total. The molecule has 146 valence electrons. The fourth-order valence-electron chi connectivity index (χ4n) is 2.96. The first-order valence-corrected chi connectivity index (χ1v) is 9.48. The number of hydrogen-bond acceptors (Lipinski definition) is 3. The minimum Gasteiger partial charge on any atom is -0.493 e. The number of benzene rings is 3. The third kappa shape index (κ3) is 4.83. The van der Waals surface area contributed by atoms with Crippen LogP contribution in [0.1, 0.15) is 29.7 Å². The van der Waals surface area contributed by atoms with Gasteiger partial charge in [-0.25, -0.2) is 4.39 Å². The highest BCUT2D eigenvalue weighted by Gasteiger charge is 2.15. The minimum absolute atomic E-state index is 0.0210. The molecule has 3 aromatic carbocycles. The van der Waals surface area contributed by atoms with E-state index in [1.54, 1.807) is 19.2 Å². The molecule has 1 atom stereocenters. The molecule has 3 aromatic rings. The van der Waals surface area contributed by atoms with Gasteiger partial charge in [-0.2, -0.15) is 0 Å². The molecular formula is C23H23ClFNO2. The number of hydrogen-bond donors (Lipinski definition) is 1. The summed E-state index contributed by atoms with van der Waals surface area (Å²) in [6, 6.07) is 20.7. The lowest BCUT2D eigenvalue weighted by atomic mass is 10.1. The zero-order chi connectivity index (χ0) is 19.9. The molecular weight excluding hydrogens is 377 g/mol. The number of halogens is 2. The van der Waals surface area contributed by atoms with E-state index in [0.717, 1.165) is 5.56 Å². The molecule has 0 aliphatic heterocycles. The molecule has 0 aromatic heterocycles. The SMILES string of the molecule is COc1cccc(CN[C@H](C)c2ccccc2)c1OCc1c(F)cccc1Cl. The number of rotatable bonds is 8. The summed E-state index contributed by atoms with van der Waals surface area (Å²) in [4.78, 5) is 0. The molecule has 0 spiro atoms. The molecule has 0 bridgehead atoms. The first-order valence-electron chi connectivity index (χ1n) is 9.10. The summed E-state index contributed by atoms with van der Waals surface area (Å²) in [6.07, 6.45) is 0. The van der Waals surface area contributed by atoms with Gasteiger partial charge in [-0.05, 0) is 30.7 Å². The lowest BCUT2D eigenvalue weighted by Gasteiger charge is -2.19. The molecule has 0 unspecified atom stereocenters. The van der Waals surface area contributed by atoms with Crippen molar-refractivity contribution in [1.29, 1.82) is 0 Å². The van der Waals surface area contributed by atoms with E-state index in [1.165, 1.54) is 11.6 Å². The van der Waals surface area contributed by atoms with Crippen molar-refractivity contribution in [2.24, 2.45) is 0 Å². The van der Waals surface area contributed by atoms with Gasteiger partial charge in [0.25, 0.3) is 0 Å². The molecule has 0 aliphatic carbocycles. The summed E-state index contributed by atoms with van der Waals surface area (Å²) in [5, 5.41) is 3.83. The Hall–Kier alpha value is -2.56. The van der Waals surface area contributed by atoms with E-state index in [1.807, 2.05) is 36.4 Å². The second-order valence-corrected chi connectivity index (χ2v) is 6.86. The first kappa shape index (κ1) is 20.2. The van der Waals surface area contributed by atoms with Crippen molar-refractivity contribution >= 4 is 11.6 Å². The highest BCUT2D eigenvalue weighted by Crippen LogP contribution is 2.33. The number of nitrogens with one attached hydrogen (secondary N) is 1. The molecule has 0 amide bonds. The monoisotopic (exact) mass is 399 g/mol. The van der Waals surface area contributed by atoms with Gasteiger partial charge in [0.05, 0.1) is 12.1 Å². The van der Waals surface area contributed by atoms with Gasteiger partial charge in [0.1, 0.15) is 12.4 Å². The predicted molar refractivity (Wildman–Crippen MR) is 110 cm³/mol. The third-order valence-corrected chi connectivity index (χ3v) is 4.96. The highest BCUT2D eigenvalue weighted by molar-refractivity contribution is 6.31. The van der Waals surface area contributed by atoms with Gasteiger partial charge in [-0.15, -0.1) is 0 Å². The summed E-state index contributed by atoms with van der Waals surface area (Å²) in [6.45, 7) is 2.70. The lowest BCUT2D eigenvalue weighted by molar-refractivity contribution is 0.275. The van der Waals surface area contributed by atoms with Gasteiger partial charge in [-0.3, -0.25) is 0 Å². The van der Waals surface area contributed by atoms with E-state index >= 15 is 0 Å². The van der Waals surface area contributed by atoms with Crippen LogP contribution in [-0.2, 0) is 13.2 Å². The van der Waals surface area contributed by atoms with Gasteiger partial charge < -0.3 is 14.8 Å². The van der Waals surface area contributed by atoms with Crippen LogP contribution in [0.4, 0.5) is 4.39 Å². The molecule has 3 nitrogen and oxygen atoms in total. The van der Waals surface area contributed by atoms with Crippen molar-refractivity contribution in [1.82, 2.24) is 5.32 Å². The maximum absolute atomic E-state index is 14.1. The van der Waals surface area contributed by atoms with Crippen molar-refractivity contribution in [3.63, 3.8) is 0 Å². The predicted octanol–water partition coefficient (Wildman–Crippen LogP) is 5.92. The topological polar surface area (TPSA) is 30.5 Å². The van der Waals surface area contributed by atoms with Gasteiger partial charge in [-0.1, -0.05) is 60.1 Å². The fourth-order valence-corrected chi connectivity index (χ4v) is 3.18. The van der Waals surface area contributed by atoms with Crippen molar-refractivity contribution < 1.29 is 13.9 Å². The third-order valence-electron chi connectivity index (χ3n) is 4.60. The summed E-state index contributed by atoms with van der Waals surface area (Å²) in [5.74, 6) is 0.788. The number of ether oxygens (including phenoxy) is 2. The maximum atomic E-state index is 14.1. The summed E-state index contributed by atoms with van der Waals surface area (Å²) >= 11 is 6.12. The van der Waals surface area contributed by atoms with Crippen LogP contribution in [0, 0.1) is 5.82 Å². The highest BCUT2D eigenvalue weighted by atomic mass is 35.5.